The SMILES string of the molecule is CSc1ccc(C2C3=C(Nc4ncnn42)c2ccccc2OC3c2cccs2)cc1. The van der Waals surface area contributed by atoms with Gasteiger partial charge >= 0.3 is 0 Å². The normalized spacial score (nSPS) is 19.4. The first-order valence-electron chi connectivity index (χ1n) is 9.67. The van der Waals surface area contributed by atoms with E-state index in [2.05, 4.69) is 69.5 Å². The van der Waals surface area contributed by atoms with Crippen LogP contribution < -0.4 is 10.1 Å². The first-order chi connectivity index (χ1) is 14.8. The van der Waals surface area contributed by atoms with Gasteiger partial charge in [0.2, 0.25) is 5.95 Å². The number of nitrogens with one attached hydrogen (secondary N) is 1. The van der Waals surface area contributed by atoms with Gasteiger partial charge in [0.1, 0.15) is 18.1 Å². The molecule has 2 unspecified atom stereocenters. The summed E-state index contributed by atoms with van der Waals surface area (Å²) >= 11 is 3.45. The van der Waals surface area contributed by atoms with Crippen LogP contribution in [0.3, 0.4) is 0 Å². The van der Waals surface area contributed by atoms with Crippen LogP contribution in [-0.4, -0.2) is 21.0 Å². The van der Waals surface area contributed by atoms with Gasteiger partial charge in [0.15, 0.2) is 6.10 Å². The molecule has 148 valence electrons. The lowest BCUT2D eigenvalue weighted by Crippen LogP contribution is -2.32. The largest absolute Gasteiger partial charge is 0.480 e. The quantitative estimate of drug-likeness (QED) is 0.428. The molecule has 0 aliphatic carbocycles. The molecule has 4 aromatic rings. The van der Waals surface area contributed by atoms with Crippen LogP contribution in [0, 0.1) is 0 Å². The average molecular weight is 431 g/mol. The molecular weight excluding hydrogens is 412 g/mol. The van der Waals surface area contributed by atoms with Gasteiger partial charge < -0.3 is 10.1 Å². The molecule has 0 bridgehead atoms. The second-order valence-electron chi connectivity index (χ2n) is 7.17. The van der Waals surface area contributed by atoms with E-state index in [0.717, 1.165) is 34.1 Å². The van der Waals surface area contributed by atoms with Crippen molar-refractivity contribution in [2.75, 3.05) is 11.6 Å². The van der Waals surface area contributed by atoms with E-state index in [1.807, 2.05) is 22.9 Å². The van der Waals surface area contributed by atoms with Crippen molar-refractivity contribution in [3.63, 3.8) is 0 Å². The number of para-hydroxylation sites is 1. The third kappa shape index (κ3) is 2.69. The molecule has 30 heavy (non-hydrogen) atoms. The minimum Gasteiger partial charge on any atom is -0.480 e. The van der Waals surface area contributed by atoms with Gasteiger partial charge in [-0.25, -0.2) is 4.68 Å². The van der Waals surface area contributed by atoms with Crippen LogP contribution in [0.1, 0.15) is 28.1 Å². The Hall–Kier alpha value is -3.03. The van der Waals surface area contributed by atoms with E-state index in [4.69, 9.17) is 4.74 Å². The smallest absolute Gasteiger partial charge is 0.226 e. The van der Waals surface area contributed by atoms with Crippen molar-refractivity contribution in [1.29, 1.82) is 0 Å². The summed E-state index contributed by atoms with van der Waals surface area (Å²) in [6.45, 7) is 0. The summed E-state index contributed by atoms with van der Waals surface area (Å²) in [6, 6.07) is 21.0. The molecule has 2 aromatic heterocycles. The van der Waals surface area contributed by atoms with Crippen LogP contribution in [0.2, 0.25) is 0 Å². The van der Waals surface area contributed by atoms with Crippen LogP contribution >= 0.6 is 23.1 Å². The Morgan fingerprint density at radius 1 is 1.07 bits per heavy atom. The summed E-state index contributed by atoms with van der Waals surface area (Å²) in [5.41, 5.74) is 4.44. The summed E-state index contributed by atoms with van der Waals surface area (Å²) in [5, 5.41) is 10.2. The maximum Gasteiger partial charge on any atom is 0.226 e. The Morgan fingerprint density at radius 3 is 2.73 bits per heavy atom. The molecule has 4 heterocycles. The molecule has 0 saturated heterocycles. The Morgan fingerprint density at radius 2 is 1.93 bits per heavy atom. The van der Waals surface area contributed by atoms with E-state index in [9.17, 15) is 0 Å². The van der Waals surface area contributed by atoms with Gasteiger partial charge in [0, 0.05) is 20.9 Å². The minimum atomic E-state index is -0.190. The minimum absolute atomic E-state index is 0.102. The zero-order valence-corrected chi connectivity index (χ0v) is 17.8. The van der Waals surface area contributed by atoms with Crippen molar-refractivity contribution in [1.82, 2.24) is 14.8 Å². The summed E-state index contributed by atoms with van der Waals surface area (Å²) in [6.07, 6.45) is 3.51. The number of hydrogen-bond donors (Lipinski definition) is 1. The standard InChI is InChI=1S/C23H18N4OS2/c1-29-15-10-8-14(9-11-15)21-19-20(26-23-24-13-25-27(21)23)16-5-2-3-6-17(16)28-22(19)18-7-4-12-30-18/h2-13,21-22H,1H3,(H,24,25,26). The van der Waals surface area contributed by atoms with Gasteiger partial charge in [-0.05, 0) is 47.5 Å². The Bertz CT molecular complexity index is 1240. The van der Waals surface area contributed by atoms with E-state index < -0.39 is 0 Å². The molecule has 7 heteroatoms. The number of benzene rings is 2. The molecule has 6 rings (SSSR count). The van der Waals surface area contributed by atoms with Crippen molar-refractivity contribution in [3.8, 4) is 5.75 Å². The molecule has 2 aromatic carbocycles. The highest BCUT2D eigenvalue weighted by Crippen LogP contribution is 2.51. The number of rotatable bonds is 3. The van der Waals surface area contributed by atoms with Crippen molar-refractivity contribution in [3.05, 3.63) is 93.9 Å². The van der Waals surface area contributed by atoms with E-state index in [0.29, 0.717) is 0 Å². The fraction of sp³-hybridized carbons (Fsp3) is 0.130. The van der Waals surface area contributed by atoms with Gasteiger partial charge in [0.05, 0.1) is 5.70 Å². The fourth-order valence-electron chi connectivity index (χ4n) is 4.20. The van der Waals surface area contributed by atoms with Crippen molar-refractivity contribution < 1.29 is 4.74 Å². The zero-order chi connectivity index (χ0) is 20.1. The summed E-state index contributed by atoms with van der Waals surface area (Å²) in [4.78, 5) is 6.89. The number of nitrogens with zero attached hydrogens (tertiary/aromatic N) is 3. The van der Waals surface area contributed by atoms with Crippen LogP contribution in [0.15, 0.2) is 82.8 Å². The Labute approximate surface area is 182 Å². The first kappa shape index (κ1) is 17.8. The number of aromatic nitrogens is 3. The topological polar surface area (TPSA) is 52.0 Å². The fourth-order valence-corrected chi connectivity index (χ4v) is 5.38. The highest BCUT2D eigenvalue weighted by Gasteiger charge is 2.41. The molecule has 5 nitrogen and oxygen atoms in total. The Kier molecular flexibility index (Phi) is 4.17. The summed E-state index contributed by atoms with van der Waals surface area (Å²) in [5.74, 6) is 1.63. The zero-order valence-electron chi connectivity index (χ0n) is 16.1. The predicted molar refractivity (Wildman–Crippen MR) is 121 cm³/mol. The maximum atomic E-state index is 6.58. The molecule has 2 aliphatic rings. The van der Waals surface area contributed by atoms with Gasteiger partial charge in [-0.2, -0.15) is 10.1 Å². The van der Waals surface area contributed by atoms with Gasteiger partial charge in [-0.1, -0.05) is 30.3 Å². The lowest BCUT2D eigenvalue weighted by atomic mass is 9.87. The predicted octanol–water partition coefficient (Wildman–Crippen LogP) is 5.62. The van der Waals surface area contributed by atoms with Crippen molar-refractivity contribution in [2.24, 2.45) is 0 Å². The second-order valence-corrected chi connectivity index (χ2v) is 9.03. The summed E-state index contributed by atoms with van der Waals surface area (Å²) in [7, 11) is 0. The average Bonchev–Trinajstić information content (AvgIpc) is 3.49. The number of fused-ring (bicyclic) bond motifs is 3. The number of hydrogen-bond acceptors (Lipinski definition) is 6. The highest BCUT2D eigenvalue weighted by atomic mass is 32.2. The molecule has 0 amide bonds. The van der Waals surface area contributed by atoms with Gasteiger partial charge in [-0.3, -0.25) is 0 Å². The molecule has 1 N–H and O–H groups in total. The van der Waals surface area contributed by atoms with E-state index in [-0.39, 0.29) is 12.1 Å². The summed E-state index contributed by atoms with van der Waals surface area (Å²) < 4.78 is 8.54. The lowest BCUT2D eigenvalue weighted by molar-refractivity contribution is 0.226. The number of ether oxygens (including phenoxy) is 1. The first-order valence-corrected chi connectivity index (χ1v) is 11.8. The van der Waals surface area contributed by atoms with Gasteiger partial charge in [0.25, 0.3) is 0 Å². The van der Waals surface area contributed by atoms with E-state index in [1.54, 1.807) is 29.4 Å². The van der Waals surface area contributed by atoms with Crippen molar-refractivity contribution >= 4 is 34.7 Å². The lowest BCUT2D eigenvalue weighted by Gasteiger charge is -2.38. The van der Waals surface area contributed by atoms with Crippen LogP contribution in [0.5, 0.6) is 5.75 Å². The third-order valence-electron chi connectivity index (χ3n) is 5.55. The molecule has 2 aliphatic heterocycles. The second kappa shape index (κ2) is 7.04. The molecule has 0 fully saturated rings. The molecule has 2 atom stereocenters. The monoisotopic (exact) mass is 430 g/mol. The van der Waals surface area contributed by atoms with Crippen LogP contribution in [0.25, 0.3) is 5.70 Å². The molecular formula is C23H18N4OS2. The van der Waals surface area contributed by atoms with E-state index >= 15 is 0 Å². The Balaban J connectivity index is 1.61. The third-order valence-corrected chi connectivity index (χ3v) is 7.21. The van der Waals surface area contributed by atoms with E-state index in [1.165, 1.54) is 9.77 Å². The number of thiophene rings is 1. The molecule has 0 spiro atoms. The van der Waals surface area contributed by atoms with Crippen LogP contribution in [-0.2, 0) is 0 Å². The van der Waals surface area contributed by atoms with Crippen molar-refractivity contribution in [2.45, 2.75) is 17.0 Å². The molecule has 0 radical (unpaired) electrons. The van der Waals surface area contributed by atoms with Gasteiger partial charge in [-0.15, -0.1) is 23.1 Å². The molecule has 0 saturated carbocycles. The van der Waals surface area contributed by atoms with Crippen LogP contribution in [0.4, 0.5) is 5.95 Å². The number of anilines is 1. The maximum absolute atomic E-state index is 6.58. The highest BCUT2D eigenvalue weighted by molar-refractivity contribution is 7.98. The number of thioether (sulfide) groups is 1.